The first kappa shape index (κ1) is 23.5. The fraction of sp³-hybridized carbons (Fsp3) is 0.207. The monoisotopic (exact) mass is 482 g/mol. The van der Waals surface area contributed by atoms with Gasteiger partial charge in [-0.15, -0.1) is 0 Å². The van der Waals surface area contributed by atoms with Crippen molar-refractivity contribution < 1.29 is 23.9 Å². The Bertz CT molecular complexity index is 1280. The quantitative estimate of drug-likeness (QED) is 0.499. The zero-order valence-corrected chi connectivity index (χ0v) is 19.7. The van der Waals surface area contributed by atoms with Crippen LogP contribution >= 0.6 is 0 Å². The van der Waals surface area contributed by atoms with E-state index in [4.69, 9.17) is 9.47 Å². The fourth-order valence-corrected chi connectivity index (χ4v) is 4.47. The third-order valence-corrected chi connectivity index (χ3v) is 6.39. The van der Waals surface area contributed by atoms with E-state index in [2.05, 4.69) is 0 Å². The van der Waals surface area contributed by atoms with Gasteiger partial charge in [-0.2, -0.15) is 0 Å². The Hall–Kier alpha value is -4.23. The van der Waals surface area contributed by atoms with Gasteiger partial charge in [0.1, 0.15) is 12.6 Å². The smallest absolute Gasteiger partial charge is 0.417 e. The fourth-order valence-electron chi connectivity index (χ4n) is 4.47. The Labute approximate surface area is 209 Å². The van der Waals surface area contributed by atoms with Crippen molar-refractivity contribution in [2.24, 2.45) is 0 Å². The number of benzene rings is 3. The van der Waals surface area contributed by atoms with Crippen molar-refractivity contribution in [1.29, 1.82) is 0 Å². The molecule has 36 heavy (non-hydrogen) atoms. The summed E-state index contributed by atoms with van der Waals surface area (Å²) in [7, 11) is 0. The highest BCUT2D eigenvalue weighted by molar-refractivity contribution is 6.04. The molecule has 5 rings (SSSR count). The lowest BCUT2D eigenvalue weighted by Crippen LogP contribution is -2.40. The molecule has 0 radical (unpaired) electrons. The number of morpholine rings is 1. The predicted molar refractivity (Wildman–Crippen MR) is 135 cm³/mol. The van der Waals surface area contributed by atoms with Crippen molar-refractivity contribution in [3.63, 3.8) is 0 Å². The van der Waals surface area contributed by atoms with Crippen molar-refractivity contribution >= 4 is 24.0 Å². The summed E-state index contributed by atoms with van der Waals surface area (Å²) in [6.45, 7) is 2.12. The SMILES string of the molecule is O=C(c1ccc(-c2ccccc2)cc1/C=C/C(=O)N1C(=O)OCC1c1ccccc1)N1CCOCC1. The van der Waals surface area contributed by atoms with Crippen LogP contribution in [-0.4, -0.2) is 60.6 Å². The van der Waals surface area contributed by atoms with Crippen molar-refractivity contribution in [2.75, 3.05) is 32.9 Å². The first-order chi connectivity index (χ1) is 17.6. The van der Waals surface area contributed by atoms with Crippen LogP contribution in [0.25, 0.3) is 17.2 Å². The zero-order valence-electron chi connectivity index (χ0n) is 19.7. The average molecular weight is 483 g/mol. The second kappa shape index (κ2) is 10.6. The molecule has 3 aromatic rings. The number of ether oxygens (including phenoxy) is 2. The number of rotatable bonds is 5. The zero-order chi connectivity index (χ0) is 24.9. The van der Waals surface area contributed by atoms with Crippen LogP contribution < -0.4 is 0 Å². The summed E-state index contributed by atoms with van der Waals surface area (Å²) >= 11 is 0. The summed E-state index contributed by atoms with van der Waals surface area (Å²) in [5.74, 6) is -0.617. The molecular formula is C29H26N2O5. The van der Waals surface area contributed by atoms with Crippen LogP contribution in [0.1, 0.15) is 27.5 Å². The normalized spacial score (nSPS) is 17.9. The molecule has 2 saturated heterocycles. The highest BCUT2D eigenvalue weighted by Gasteiger charge is 2.37. The summed E-state index contributed by atoms with van der Waals surface area (Å²) in [5.41, 5.74) is 3.83. The molecule has 1 atom stereocenters. The lowest BCUT2D eigenvalue weighted by molar-refractivity contribution is -0.124. The molecule has 2 fully saturated rings. The van der Waals surface area contributed by atoms with E-state index >= 15 is 0 Å². The van der Waals surface area contributed by atoms with Gasteiger partial charge < -0.3 is 14.4 Å². The maximum atomic E-state index is 13.3. The lowest BCUT2D eigenvalue weighted by atomic mass is 9.97. The van der Waals surface area contributed by atoms with Gasteiger partial charge in [-0.05, 0) is 40.5 Å². The standard InChI is InChI=1S/C29H26N2O5/c32-27(31-26(20-36-29(31)34)22-9-5-2-6-10-22)14-12-24-19-23(21-7-3-1-4-8-21)11-13-25(24)28(33)30-15-17-35-18-16-30/h1-14,19,26H,15-18,20H2/b14-12+. The van der Waals surface area contributed by atoms with Crippen LogP contribution in [-0.2, 0) is 14.3 Å². The van der Waals surface area contributed by atoms with Gasteiger partial charge >= 0.3 is 6.09 Å². The molecule has 0 N–H and O–H groups in total. The Morgan fingerprint density at radius 2 is 1.56 bits per heavy atom. The van der Waals surface area contributed by atoms with Crippen LogP contribution in [0.15, 0.2) is 84.9 Å². The first-order valence-corrected chi connectivity index (χ1v) is 11.9. The summed E-state index contributed by atoms with van der Waals surface area (Å²) in [4.78, 5) is 41.8. The van der Waals surface area contributed by atoms with Crippen molar-refractivity contribution in [3.05, 3.63) is 102 Å². The number of amides is 3. The number of imide groups is 1. The topological polar surface area (TPSA) is 76.2 Å². The largest absolute Gasteiger partial charge is 0.446 e. The van der Waals surface area contributed by atoms with E-state index in [1.54, 1.807) is 17.0 Å². The van der Waals surface area contributed by atoms with Crippen LogP contribution in [0, 0.1) is 0 Å². The molecule has 0 bridgehead atoms. The third kappa shape index (κ3) is 4.92. The van der Waals surface area contributed by atoms with Crippen LogP contribution in [0.5, 0.6) is 0 Å². The molecular weight excluding hydrogens is 456 g/mol. The van der Waals surface area contributed by atoms with E-state index < -0.39 is 18.0 Å². The van der Waals surface area contributed by atoms with Gasteiger partial charge in [0.15, 0.2) is 0 Å². The minimum atomic E-state index is -0.679. The van der Waals surface area contributed by atoms with Crippen molar-refractivity contribution in [3.8, 4) is 11.1 Å². The van der Waals surface area contributed by atoms with Gasteiger partial charge in [-0.3, -0.25) is 9.59 Å². The molecule has 1 unspecified atom stereocenters. The molecule has 2 heterocycles. The van der Waals surface area contributed by atoms with Crippen LogP contribution in [0.2, 0.25) is 0 Å². The number of cyclic esters (lactones) is 1. The number of hydrogen-bond donors (Lipinski definition) is 0. The molecule has 7 nitrogen and oxygen atoms in total. The summed E-state index contributed by atoms with van der Waals surface area (Å²) in [6.07, 6.45) is 2.26. The Morgan fingerprint density at radius 3 is 2.28 bits per heavy atom. The molecule has 3 amide bonds. The van der Waals surface area contributed by atoms with Crippen molar-refractivity contribution in [2.45, 2.75) is 6.04 Å². The van der Waals surface area contributed by atoms with Crippen LogP contribution in [0.4, 0.5) is 4.79 Å². The Kier molecular flexibility index (Phi) is 6.91. The number of hydrogen-bond acceptors (Lipinski definition) is 5. The van der Waals surface area contributed by atoms with E-state index in [1.807, 2.05) is 72.8 Å². The lowest BCUT2D eigenvalue weighted by Gasteiger charge is -2.27. The second-order valence-corrected chi connectivity index (χ2v) is 8.62. The maximum Gasteiger partial charge on any atom is 0.417 e. The molecule has 0 spiro atoms. The van der Waals surface area contributed by atoms with Gasteiger partial charge in [0.25, 0.3) is 11.8 Å². The Morgan fingerprint density at radius 1 is 0.861 bits per heavy atom. The summed E-state index contributed by atoms with van der Waals surface area (Å²) in [6, 6.07) is 24.2. The maximum absolute atomic E-state index is 13.3. The van der Waals surface area contributed by atoms with Gasteiger partial charge in [0, 0.05) is 24.7 Å². The summed E-state index contributed by atoms with van der Waals surface area (Å²) in [5, 5.41) is 0. The summed E-state index contributed by atoms with van der Waals surface area (Å²) < 4.78 is 10.6. The molecule has 3 aromatic carbocycles. The highest BCUT2D eigenvalue weighted by Crippen LogP contribution is 2.29. The number of nitrogens with zero attached hydrogens (tertiary/aromatic N) is 2. The predicted octanol–water partition coefficient (Wildman–Crippen LogP) is 4.56. The molecule has 0 aromatic heterocycles. The molecule has 2 aliphatic heterocycles. The number of carbonyl (C=O) groups is 3. The Balaban J connectivity index is 1.47. The van der Waals surface area contributed by atoms with E-state index in [0.29, 0.717) is 37.4 Å². The second-order valence-electron chi connectivity index (χ2n) is 8.62. The number of carbonyl (C=O) groups excluding carboxylic acids is 3. The molecule has 7 heteroatoms. The minimum absolute atomic E-state index is 0.104. The van der Waals surface area contributed by atoms with Gasteiger partial charge in [0.2, 0.25) is 0 Å². The highest BCUT2D eigenvalue weighted by atomic mass is 16.6. The van der Waals surface area contributed by atoms with E-state index in [1.165, 1.54) is 6.08 Å². The first-order valence-electron chi connectivity index (χ1n) is 11.9. The van der Waals surface area contributed by atoms with Gasteiger partial charge in [-0.25, -0.2) is 9.69 Å². The van der Waals surface area contributed by atoms with Gasteiger partial charge in [0.05, 0.1) is 13.2 Å². The molecule has 2 aliphatic rings. The van der Waals surface area contributed by atoms with E-state index in [9.17, 15) is 14.4 Å². The van der Waals surface area contributed by atoms with Crippen LogP contribution in [0.3, 0.4) is 0 Å². The van der Waals surface area contributed by atoms with E-state index in [-0.39, 0.29) is 12.5 Å². The molecule has 0 aliphatic carbocycles. The molecule has 0 saturated carbocycles. The minimum Gasteiger partial charge on any atom is -0.446 e. The average Bonchev–Trinajstić information content (AvgIpc) is 3.34. The van der Waals surface area contributed by atoms with E-state index in [0.717, 1.165) is 21.6 Å². The van der Waals surface area contributed by atoms with Gasteiger partial charge in [-0.1, -0.05) is 66.7 Å². The van der Waals surface area contributed by atoms with Crippen molar-refractivity contribution in [1.82, 2.24) is 9.80 Å². The molecule has 182 valence electrons. The third-order valence-electron chi connectivity index (χ3n) is 6.39.